The summed E-state index contributed by atoms with van der Waals surface area (Å²) in [5.41, 5.74) is 0.552. The van der Waals surface area contributed by atoms with Crippen molar-refractivity contribution in [1.82, 2.24) is 24.3 Å². The lowest BCUT2D eigenvalue weighted by Crippen LogP contribution is -2.47. The van der Waals surface area contributed by atoms with Gasteiger partial charge in [-0.05, 0) is 43.4 Å². The van der Waals surface area contributed by atoms with Crippen LogP contribution < -0.4 is 15.4 Å². The van der Waals surface area contributed by atoms with Gasteiger partial charge in [-0.3, -0.25) is 9.69 Å². The Kier molecular flexibility index (Phi) is 7.83. The molecule has 3 heterocycles. The topological polar surface area (TPSA) is 87.5 Å². The van der Waals surface area contributed by atoms with Gasteiger partial charge in [0.25, 0.3) is 0 Å². The van der Waals surface area contributed by atoms with Crippen LogP contribution in [0.2, 0.25) is 5.02 Å². The SMILES string of the molecule is CN1CCN(CC(=O)Nc2cc(Oc3ccc4c(c3)nc(Nc3cc(C(F)(F)F)ccc3Cl)n4C)ccn2)CC1. The molecule has 1 fully saturated rings. The second-order valence-corrected chi connectivity index (χ2v) is 9.98. The Morgan fingerprint density at radius 1 is 1.02 bits per heavy atom. The van der Waals surface area contributed by atoms with E-state index in [9.17, 15) is 18.0 Å². The highest BCUT2D eigenvalue weighted by atomic mass is 35.5. The number of amides is 1. The number of hydrogen-bond donors (Lipinski definition) is 2. The molecule has 5 rings (SSSR count). The van der Waals surface area contributed by atoms with Crippen molar-refractivity contribution < 1.29 is 22.7 Å². The number of hydrogen-bond acceptors (Lipinski definition) is 7. The number of rotatable bonds is 7. The number of likely N-dealkylation sites (N-methyl/N-ethyl adjacent to an activating group) is 1. The zero-order chi connectivity index (χ0) is 28.4. The third kappa shape index (κ3) is 6.46. The number of carbonyl (C=O) groups excluding carboxylic acids is 1. The highest BCUT2D eigenvalue weighted by Gasteiger charge is 2.31. The molecule has 1 saturated heterocycles. The minimum atomic E-state index is -4.50. The number of carbonyl (C=O) groups is 1. The first-order chi connectivity index (χ1) is 19.0. The third-order valence-corrected chi connectivity index (χ3v) is 6.92. The average Bonchev–Trinajstić information content (AvgIpc) is 3.20. The fourth-order valence-electron chi connectivity index (χ4n) is 4.34. The average molecular weight is 574 g/mol. The molecule has 2 aromatic heterocycles. The second-order valence-electron chi connectivity index (χ2n) is 9.57. The van der Waals surface area contributed by atoms with Gasteiger partial charge in [-0.1, -0.05) is 11.6 Å². The predicted octanol–water partition coefficient (Wildman–Crippen LogP) is 5.36. The Morgan fingerprint density at radius 2 is 1.77 bits per heavy atom. The number of aromatic nitrogens is 3. The van der Waals surface area contributed by atoms with E-state index < -0.39 is 11.7 Å². The quantitative estimate of drug-likeness (QED) is 0.308. The van der Waals surface area contributed by atoms with Gasteiger partial charge in [0.1, 0.15) is 17.3 Å². The van der Waals surface area contributed by atoms with Crippen LogP contribution in [-0.2, 0) is 18.0 Å². The summed E-state index contributed by atoms with van der Waals surface area (Å²) < 4.78 is 47.2. The highest BCUT2D eigenvalue weighted by Crippen LogP contribution is 2.35. The van der Waals surface area contributed by atoms with Crippen molar-refractivity contribution in [2.75, 3.05) is 50.4 Å². The number of pyridine rings is 1. The molecule has 4 aromatic rings. The maximum atomic E-state index is 13.2. The van der Waals surface area contributed by atoms with Crippen LogP contribution in [0.25, 0.3) is 11.0 Å². The van der Waals surface area contributed by atoms with Crippen molar-refractivity contribution in [1.29, 1.82) is 0 Å². The normalized spacial score (nSPS) is 14.8. The summed E-state index contributed by atoms with van der Waals surface area (Å²) >= 11 is 6.14. The maximum Gasteiger partial charge on any atom is 0.416 e. The van der Waals surface area contributed by atoms with E-state index in [0.717, 1.165) is 43.8 Å². The van der Waals surface area contributed by atoms with Crippen molar-refractivity contribution in [2.45, 2.75) is 6.18 Å². The molecular formula is C27H27ClF3N7O2. The van der Waals surface area contributed by atoms with Crippen molar-refractivity contribution >= 4 is 46.0 Å². The zero-order valence-corrected chi connectivity index (χ0v) is 22.6. The van der Waals surface area contributed by atoms with E-state index in [2.05, 4.69) is 37.4 Å². The van der Waals surface area contributed by atoms with Gasteiger partial charge in [-0.25, -0.2) is 9.97 Å². The summed E-state index contributed by atoms with van der Waals surface area (Å²) in [5, 5.41) is 5.84. The smallest absolute Gasteiger partial charge is 0.416 e. The molecule has 1 aliphatic rings. The number of nitrogens with one attached hydrogen (secondary N) is 2. The molecule has 13 heteroatoms. The fraction of sp³-hybridized carbons (Fsp3) is 0.296. The number of anilines is 3. The van der Waals surface area contributed by atoms with Crippen molar-refractivity contribution in [2.24, 2.45) is 7.05 Å². The minimum Gasteiger partial charge on any atom is -0.457 e. The number of imidazole rings is 1. The lowest BCUT2D eigenvalue weighted by molar-refractivity contribution is -0.137. The number of nitrogens with zero attached hydrogens (tertiary/aromatic N) is 5. The summed E-state index contributed by atoms with van der Waals surface area (Å²) in [4.78, 5) is 25.6. The number of halogens is 4. The molecule has 0 unspecified atom stereocenters. The van der Waals surface area contributed by atoms with Gasteiger partial charge in [-0.15, -0.1) is 0 Å². The Morgan fingerprint density at radius 3 is 2.52 bits per heavy atom. The van der Waals surface area contributed by atoms with Gasteiger partial charge < -0.3 is 24.8 Å². The van der Waals surface area contributed by atoms with E-state index in [1.165, 1.54) is 6.07 Å². The summed E-state index contributed by atoms with van der Waals surface area (Å²) in [5.74, 6) is 1.48. The molecular weight excluding hydrogens is 547 g/mol. The molecule has 0 aliphatic carbocycles. The number of piperazine rings is 1. The Bertz CT molecular complexity index is 1530. The third-order valence-electron chi connectivity index (χ3n) is 6.59. The van der Waals surface area contributed by atoms with Crippen LogP contribution in [0.5, 0.6) is 11.5 Å². The summed E-state index contributed by atoms with van der Waals surface area (Å²) in [7, 11) is 3.80. The Balaban J connectivity index is 1.28. The molecule has 1 aliphatic heterocycles. The van der Waals surface area contributed by atoms with E-state index in [0.29, 0.717) is 35.3 Å². The first-order valence-corrected chi connectivity index (χ1v) is 12.9. The highest BCUT2D eigenvalue weighted by molar-refractivity contribution is 6.33. The van der Waals surface area contributed by atoms with Crippen LogP contribution in [0.15, 0.2) is 54.7 Å². The largest absolute Gasteiger partial charge is 0.457 e. The summed E-state index contributed by atoms with van der Waals surface area (Å²) in [6.07, 6.45) is -2.96. The van der Waals surface area contributed by atoms with Crippen LogP contribution in [-0.4, -0.2) is 70.0 Å². The van der Waals surface area contributed by atoms with Gasteiger partial charge in [-0.2, -0.15) is 13.2 Å². The Labute approximate surface area is 233 Å². The van der Waals surface area contributed by atoms with Gasteiger partial charge >= 0.3 is 6.18 Å². The number of ether oxygens (including phenoxy) is 1. The van der Waals surface area contributed by atoms with Gasteiger partial charge in [0.05, 0.1) is 33.9 Å². The van der Waals surface area contributed by atoms with Crippen molar-refractivity contribution in [3.05, 3.63) is 65.3 Å². The second kappa shape index (κ2) is 11.3. The number of fused-ring (bicyclic) bond motifs is 1. The predicted molar refractivity (Wildman–Crippen MR) is 147 cm³/mol. The van der Waals surface area contributed by atoms with E-state index in [-0.39, 0.29) is 16.6 Å². The molecule has 1 amide bonds. The molecule has 0 atom stereocenters. The standard InChI is InChI=1S/C27H27ClF3N7O2/c1-36-9-11-38(12-10-36)16-25(39)35-24-15-19(7-8-32-24)40-18-4-6-23-22(14-18)34-26(37(23)2)33-21-13-17(27(29,30)31)3-5-20(21)28/h3-8,13-15H,9-12,16H2,1-2H3,(H,33,34)(H,32,35,39). The van der Waals surface area contributed by atoms with Crippen LogP contribution in [0.1, 0.15) is 5.56 Å². The molecule has 0 saturated carbocycles. The molecule has 9 nitrogen and oxygen atoms in total. The molecule has 40 heavy (non-hydrogen) atoms. The maximum absolute atomic E-state index is 13.2. The first kappa shape index (κ1) is 27.7. The van der Waals surface area contributed by atoms with Gasteiger partial charge in [0.15, 0.2) is 0 Å². The molecule has 0 spiro atoms. The van der Waals surface area contributed by atoms with Crippen LogP contribution in [0, 0.1) is 0 Å². The van der Waals surface area contributed by atoms with E-state index in [1.54, 1.807) is 48.1 Å². The molecule has 2 aromatic carbocycles. The van der Waals surface area contributed by atoms with Crippen molar-refractivity contribution in [3.8, 4) is 11.5 Å². The van der Waals surface area contributed by atoms with E-state index in [1.807, 2.05) is 0 Å². The molecule has 0 bridgehead atoms. The first-order valence-electron chi connectivity index (χ1n) is 12.5. The zero-order valence-electron chi connectivity index (χ0n) is 21.8. The van der Waals surface area contributed by atoms with Crippen LogP contribution in [0.3, 0.4) is 0 Å². The number of aryl methyl sites for hydroxylation is 1. The monoisotopic (exact) mass is 573 g/mol. The Hall–Kier alpha value is -3.87. The van der Waals surface area contributed by atoms with Crippen LogP contribution in [0.4, 0.5) is 30.6 Å². The minimum absolute atomic E-state index is 0.0883. The van der Waals surface area contributed by atoms with Gasteiger partial charge in [0, 0.05) is 51.6 Å². The van der Waals surface area contributed by atoms with Crippen LogP contribution >= 0.6 is 11.6 Å². The molecule has 2 N–H and O–H groups in total. The van der Waals surface area contributed by atoms with E-state index in [4.69, 9.17) is 16.3 Å². The lowest BCUT2D eigenvalue weighted by Gasteiger charge is -2.31. The molecule has 210 valence electrons. The number of benzene rings is 2. The van der Waals surface area contributed by atoms with E-state index >= 15 is 0 Å². The summed E-state index contributed by atoms with van der Waals surface area (Å²) in [6.45, 7) is 3.80. The molecule has 0 radical (unpaired) electrons. The summed E-state index contributed by atoms with van der Waals surface area (Å²) in [6, 6.07) is 11.6. The fourth-order valence-corrected chi connectivity index (χ4v) is 4.51. The lowest BCUT2D eigenvalue weighted by atomic mass is 10.2. The van der Waals surface area contributed by atoms with Gasteiger partial charge in [0.2, 0.25) is 11.9 Å². The van der Waals surface area contributed by atoms with Crippen molar-refractivity contribution in [3.63, 3.8) is 0 Å². The number of alkyl halides is 3.